The molecule has 0 saturated carbocycles. The van der Waals surface area contributed by atoms with Gasteiger partial charge in [0, 0.05) is 16.5 Å². The molecule has 0 fully saturated rings. The van der Waals surface area contributed by atoms with Crippen LogP contribution in [0.15, 0.2) is 176 Å². The topological polar surface area (TPSA) is 52.5 Å². The zero-order chi connectivity index (χ0) is 35.5. The third kappa shape index (κ3) is 4.80. The summed E-state index contributed by atoms with van der Waals surface area (Å²) in [5.41, 5.74) is 11.4. The Morgan fingerprint density at radius 3 is 1.49 bits per heavy atom. The summed E-state index contributed by atoms with van der Waals surface area (Å²) in [5, 5.41) is 28.6. The molecule has 0 N–H and O–H groups in total. The minimum absolute atomic E-state index is 0.633. The van der Waals surface area contributed by atoms with Crippen LogP contribution < -0.4 is 0 Å². The first-order chi connectivity index (χ1) is 26.2. The van der Waals surface area contributed by atoms with E-state index in [4.69, 9.17) is 0 Å². The molecular weight excluding hydrogens is 643 g/mol. The van der Waals surface area contributed by atoms with Gasteiger partial charge in [-0.15, -0.1) is 0 Å². The molecule has 1 aromatic heterocycles. The minimum atomic E-state index is 0.633. The molecule has 0 amide bonds. The van der Waals surface area contributed by atoms with Gasteiger partial charge in [0.05, 0.1) is 34.3 Å². The standard InChI is InChI=1S/C50H29N3/c51-30-32-16-19-34(20-17-32)35-21-24-38(25-22-35)53-47-26-18-33(31-52)28-45(47)46-29-37(23-27-48(46)53)49-41-11-3-5-13-43(41)50(44-14-6-4-12-42(44)49)40-15-7-9-36-8-1-2-10-39(36)40/h1-29H. The van der Waals surface area contributed by atoms with Gasteiger partial charge in [-0.1, -0.05) is 121 Å². The van der Waals surface area contributed by atoms with E-state index in [1.54, 1.807) is 0 Å². The van der Waals surface area contributed by atoms with Gasteiger partial charge < -0.3 is 4.57 Å². The number of nitriles is 2. The van der Waals surface area contributed by atoms with Crippen LogP contribution in [0.1, 0.15) is 11.1 Å². The normalized spacial score (nSPS) is 11.4. The van der Waals surface area contributed by atoms with Crippen molar-refractivity contribution in [3.05, 3.63) is 187 Å². The summed E-state index contributed by atoms with van der Waals surface area (Å²) >= 11 is 0. The lowest BCUT2D eigenvalue weighted by Gasteiger charge is -2.19. The number of nitrogens with zero attached hydrogens (tertiary/aromatic N) is 3. The maximum absolute atomic E-state index is 9.95. The molecule has 0 spiro atoms. The first kappa shape index (κ1) is 30.4. The molecule has 1 heterocycles. The Kier molecular flexibility index (Phi) is 6.93. The second-order valence-electron chi connectivity index (χ2n) is 13.5. The highest BCUT2D eigenvalue weighted by molar-refractivity contribution is 6.24. The maximum atomic E-state index is 9.95. The van der Waals surface area contributed by atoms with Crippen molar-refractivity contribution in [3.8, 4) is 51.2 Å². The van der Waals surface area contributed by atoms with Crippen molar-refractivity contribution in [2.75, 3.05) is 0 Å². The molecule has 0 saturated heterocycles. The summed E-state index contributed by atoms with van der Waals surface area (Å²) in [7, 11) is 0. The van der Waals surface area contributed by atoms with Crippen LogP contribution in [0, 0.1) is 22.7 Å². The molecule has 0 atom stereocenters. The van der Waals surface area contributed by atoms with E-state index in [1.807, 2.05) is 36.4 Å². The van der Waals surface area contributed by atoms with Gasteiger partial charge in [0.25, 0.3) is 0 Å². The summed E-state index contributed by atoms with van der Waals surface area (Å²) in [5.74, 6) is 0. The average molecular weight is 672 g/mol. The van der Waals surface area contributed by atoms with Crippen molar-refractivity contribution in [2.24, 2.45) is 0 Å². The molecule has 0 radical (unpaired) electrons. The van der Waals surface area contributed by atoms with Gasteiger partial charge in [-0.2, -0.15) is 10.5 Å². The predicted octanol–water partition coefficient (Wildman–Crippen LogP) is 13.0. The lowest BCUT2D eigenvalue weighted by molar-refractivity contribution is 1.18. The molecule has 0 bridgehead atoms. The molecule has 10 aromatic rings. The summed E-state index contributed by atoms with van der Waals surface area (Å²) in [6.45, 7) is 0. The smallest absolute Gasteiger partial charge is 0.0991 e. The van der Waals surface area contributed by atoms with Gasteiger partial charge in [-0.3, -0.25) is 0 Å². The lowest BCUT2D eigenvalue weighted by atomic mass is 9.84. The molecule has 9 aromatic carbocycles. The Balaban J connectivity index is 1.21. The Hall–Kier alpha value is -7.46. The first-order valence-corrected chi connectivity index (χ1v) is 17.7. The Bertz CT molecular complexity index is 3110. The number of hydrogen-bond acceptors (Lipinski definition) is 2. The van der Waals surface area contributed by atoms with Crippen LogP contribution in [0.3, 0.4) is 0 Å². The molecule has 10 rings (SSSR count). The first-order valence-electron chi connectivity index (χ1n) is 17.7. The second kappa shape index (κ2) is 12.1. The largest absolute Gasteiger partial charge is 0.309 e. The molecule has 0 unspecified atom stereocenters. The van der Waals surface area contributed by atoms with Crippen LogP contribution in [0.4, 0.5) is 0 Å². The highest BCUT2D eigenvalue weighted by atomic mass is 15.0. The molecular formula is C50H29N3. The monoisotopic (exact) mass is 671 g/mol. The Labute approximate surface area is 306 Å². The van der Waals surface area contributed by atoms with Crippen LogP contribution in [0.5, 0.6) is 0 Å². The zero-order valence-electron chi connectivity index (χ0n) is 28.6. The van der Waals surface area contributed by atoms with Gasteiger partial charge in [0.1, 0.15) is 0 Å². The van der Waals surface area contributed by atoms with E-state index in [-0.39, 0.29) is 0 Å². The van der Waals surface area contributed by atoms with Gasteiger partial charge in [0.2, 0.25) is 0 Å². The van der Waals surface area contributed by atoms with Crippen molar-refractivity contribution in [1.82, 2.24) is 4.57 Å². The predicted molar refractivity (Wildman–Crippen MR) is 219 cm³/mol. The van der Waals surface area contributed by atoms with Crippen LogP contribution in [-0.2, 0) is 0 Å². The van der Waals surface area contributed by atoms with Gasteiger partial charge in [-0.05, 0) is 120 Å². The molecule has 3 nitrogen and oxygen atoms in total. The Morgan fingerprint density at radius 1 is 0.358 bits per heavy atom. The van der Waals surface area contributed by atoms with Gasteiger partial charge in [-0.25, -0.2) is 0 Å². The minimum Gasteiger partial charge on any atom is -0.309 e. The fourth-order valence-electron chi connectivity index (χ4n) is 8.24. The summed E-state index contributed by atoms with van der Waals surface area (Å²) in [6, 6.07) is 66.4. The average Bonchev–Trinajstić information content (AvgIpc) is 3.55. The van der Waals surface area contributed by atoms with Crippen LogP contribution >= 0.6 is 0 Å². The molecule has 0 aliphatic heterocycles. The van der Waals surface area contributed by atoms with Crippen molar-refractivity contribution in [3.63, 3.8) is 0 Å². The number of fused-ring (bicyclic) bond motifs is 6. The fourth-order valence-corrected chi connectivity index (χ4v) is 8.24. The van der Waals surface area contributed by atoms with Gasteiger partial charge in [0.15, 0.2) is 0 Å². The van der Waals surface area contributed by atoms with Crippen LogP contribution in [0.25, 0.3) is 93.2 Å². The number of benzene rings is 9. The SMILES string of the molecule is N#Cc1ccc(-c2ccc(-n3c4ccc(C#N)cc4c4cc(-c5c6ccccc6c(-c6cccc7ccccc67)c6ccccc56)ccc43)cc2)cc1. The van der Waals surface area contributed by atoms with E-state index in [1.165, 1.54) is 49.0 Å². The number of hydrogen-bond donors (Lipinski definition) is 0. The summed E-state index contributed by atoms with van der Waals surface area (Å²) in [4.78, 5) is 0. The van der Waals surface area contributed by atoms with Crippen molar-refractivity contribution in [1.29, 1.82) is 10.5 Å². The molecule has 244 valence electrons. The van der Waals surface area contributed by atoms with E-state index >= 15 is 0 Å². The molecule has 53 heavy (non-hydrogen) atoms. The molecule has 0 aliphatic carbocycles. The maximum Gasteiger partial charge on any atom is 0.0991 e. The summed E-state index contributed by atoms with van der Waals surface area (Å²) < 4.78 is 2.29. The highest BCUT2D eigenvalue weighted by Gasteiger charge is 2.20. The van der Waals surface area contributed by atoms with E-state index in [2.05, 4.69) is 156 Å². The third-order valence-corrected chi connectivity index (χ3v) is 10.6. The quantitative estimate of drug-likeness (QED) is 0.175. The van der Waals surface area contributed by atoms with Gasteiger partial charge >= 0.3 is 0 Å². The lowest BCUT2D eigenvalue weighted by Crippen LogP contribution is -1.94. The third-order valence-electron chi connectivity index (χ3n) is 10.6. The van der Waals surface area contributed by atoms with E-state index < -0.39 is 0 Å². The zero-order valence-corrected chi connectivity index (χ0v) is 28.6. The molecule has 0 aliphatic rings. The number of aromatic nitrogens is 1. The second-order valence-corrected chi connectivity index (χ2v) is 13.5. The fraction of sp³-hybridized carbons (Fsp3) is 0. The van der Waals surface area contributed by atoms with Crippen molar-refractivity contribution < 1.29 is 0 Å². The van der Waals surface area contributed by atoms with E-state index in [9.17, 15) is 10.5 Å². The van der Waals surface area contributed by atoms with Crippen molar-refractivity contribution in [2.45, 2.75) is 0 Å². The summed E-state index contributed by atoms with van der Waals surface area (Å²) in [6.07, 6.45) is 0. The Morgan fingerprint density at radius 2 is 0.849 bits per heavy atom. The molecule has 3 heteroatoms. The van der Waals surface area contributed by atoms with E-state index in [0.29, 0.717) is 11.1 Å². The number of rotatable bonds is 4. The highest BCUT2D eigenvalue weighted by Crippen LogP contribution is 2.46. The van der Waals surface area contributed by atoms with Crippen LogP contribution in [0.2, 0.25) is 0 Å². The van der Waals surface area contributed by atoms with Crippen LogP contribution in [-0.4, -0.2) is 4.57 Å². The van der Waals surface area contributed by atoms with Crippen molar-refractivity contribution >= 4 is 54.1 Å². The van der Waals surface area contributed by atoms with E-state index in [0.717, 1.165) is 44.2 Å².